The van der Waals surface area contributed by atoms with Gasteiger partial charge in [-0.1, -0.05) is 19.8 Å². The van der Waals surface area contributed by atoms with Crippen LogP contribution in [0, 0.1) is 5.92 Å². The molecule has 2 unspecified atom stereocenters. The van der Waals surface area contributed by atoms with Crippen molar-refractivity contribution in [1.29, 1.82) is 0 Å². The average Bonchev–Trinajstić information content (AvgIpc) is 2.60. The number of nitrogens with one attached hydrogen (secondary N) is 1. The summed E-state index contributed by atoms with van der Waals surface area (Å²) in [6, 6.07) is 0.668. The van der Waals surface area contributed by atoms with Crippen LogP contribution in [0.1, 0.15) is 71.1 Å². The van der Waals surface area contributed by atoms with Crippen molar-refractivity contribution in [3.8, 4) is 0 Å². The molecular formula is C19H34N2O3. The van der Waals surface area contributed by atoms with Gasteiger partial charge >= 0.3 is 5.97 Å². The van der Waals surface area contributed by atoms with Crippen LogP contribution in [-0.4, -0.2) is 49.1 Å². The first kappa shape index (κ1) is 19.2. The van der Waals surface area contributed by atoms with Crippen LogP contribution in [0.3, 0.4) is 0 Å². The van der Waals surface area contributed by atoms with Gasteiger partial charge in [0.25, 0.3) is 0 Å². The Morgan fingerprint density at radius 2 is 1.92 bits per heavy atom. The Balaban J connectivity index is 1.58. The summed E-state index contributed by atoms with van der Waals surface area (Å²) in [6.07, 6.45) is 9.69. The molecule has 5 heteroatoms. The minimum atomic E-state index is -0.179. The Labute approximate surface area is 146 Å². The third-order valence-corrected chi connectivity index (χ3v) is 5.34. The molecular weight excluding hydrogens is 304 g/mol. The number of amides is 1. The highest BCUT2D eigenvalue weighted by molar-refractivity contribution is 5.77. The lowest BCUT2D eigenvalue weighted by Crippen LogP contribution is -2.50. The highest BCUT2D eigenvalue weighted by atomic mass is 16.5. The van der Waals surface area contributed by atoms with Gasteiger partial charge in [0.05, 0.1) is 6.61 Å². The fraction of sp³-hybridized carbons (Fsp3) is 0.895. The molecule has 2 rings (SSSR count). The van der Waals surface area contributed by atoms with E-state index in [1.54, 1.807) is 0 Å². The summed E-state index contributed by atoms with van der Waals surface area (Å²) in [5.74, 6) is 0.493. The van der Waals surface area contributed by atoms with Crippen molar-refractivity contribution >= 4 is 11.9 Å². The summed E-state index contributed by atoms with van der Waals surface area (Å²) < 4.78 is 5.10. The fourth-order valence-corrected chi connectivity index (χ4v) is 3.94. The number of hydrogen-bond acceptors (Lipinski definition) is 4. The first-order chi connectivity index (χ1) is 11.7. The van der Waals surface area contributed by atoms with Crippen LogP contribution in [0.4, 0.5) is 0 Å². The van der Waals surface area contributed by atoms with E-state index in [9.17, 15) is 9.59 Å². The molecule has 0 radical (unpaired) electrons. The van der Waals surface area contributed by atoms with E-state index >= 15 is 0 Å². The molecule has 138 valence electrons. The maximum Gasteiger partial charge on any atom is 0.305 e. The van der Waals surface area contributed by atoms with E-state index in [1.165, 1.54) is 45.2 Å². The Hall–Kier alpha value is -1.10. The molecule has 2 heterocycles. The molecule has 0 aliphatic carbocycles. The number of fused-ring (bicyclic) bond motifs is 1. The van der Waals surface area contributed by atoms with Crippen LogP contribution < -0.4 is 5.32 Å². The second-order valence-corrected chi connectivity index (χ2v) is 7.23. The van der Waals surface area contributed by atoms with Crippen molar-refractivity contribution in [2.24, 2.45) is 5.92 Å². The van der Waals surface area contributed by atoms with Gasteiger partial charge < -0.3 is 15.0 Å². The number of carbonyl (C=O) groups excluding carboxylic acids is 2. The van der Waals surface area contributed by atoms with Crippen LogP contribution in [0.25, 0.3) is 0 Å². The molecule has 5 nitrogen and oxygen atoms in total. The zero-order valence-corrected chi connectivity index (χ0v) is 15.2. The summed E-state index contributed by atoms with van der Waals surface area (Å²) in [5, 5.41) is 3.09. The molecule has 2 saturated heterocycles. The maximum absolute atomic E-state index is 12.0. The van der Waals surface area contributed by atoms with Crippen molar-refractivity contribution in [2.45, 2.75) is 77.2 Å². The van der Waals surface area contributed by atoms with Gasteiger partial charge in [-0.2, -0.15) is 0 Å². The van der Waals surface area contributed by atoms with Crippen molar-refractivity contribution < 1.29 is 14.3 Å². The van der Waals surface area contributed by atoms with Gasteiger partial charge in [0.15, 0.2) is 0 Å². The Morgan fingerprint density at radius 1 is 1.08 bits per heavy atom. The summed E-state index contributed by atoms with van der Waals surface area (Å²) in [7, 11) is 0. The number of rotatable bonds is 9. The SMILES string of the molecule is CCCCOC(=O)CCCC(=O)NCC1CCCN2CCCCC12. The van der Waals surface area contributed by atoms with E-state index in [0.717, 1.165) is 19.4 Å². The van der Waals surface area contributed by atoms with E-state index in [1.807, 2.05) is 0 Å². The van der Waals surface area contributed by atoms with Crippen LogP contribution in [0.2, 0.25) is 0 Å². The molecule has 0 aromatic carbocycles. The van der Waals surface area contributed by atoms with Gasteiger partial charge in [-0.15, -0.1) is 0 Å². The van der Waals surface area contributed by atoms with Crippen LogP contribution in [0.15, 0.2) is 0 Å². The molecule has 1 N–H and O–H groups in total. The second-order valence-electron chi connectivity index (χ2n) is 7.23. The predicted molar refractivity (Wildman–Crippen MR) is 94.7 cm³/mol. The minimum absolute atomic E-state index is 0.0734. The fourth-order valence-electron chi connectivity index (χ4n) is 3.94. The van der Waals surface area contributed by atoms with E-state index in [2.05, 4.69) is 17.1 Å². The Morgan fingerprint density at radius 3 is 2.75 bits per heavy atom. The molecule has 2 aliphatic heterocycles. The normalized spacial score (nSPS) is 24.2. The van der Waals surface area contributed by atoms with Crippen LogP contribution >= 0.6 is 0 Å². The lowest BCUT2D eigenvalue weighted by atomic mass is 9.83. The quantitative estimate of drug-likeness (QED) is 0.519. The van der Waals surface area contributed by atoms with E-state index < -0.39 is 0 Å². The number of carbonyl (C=O) groups is 2. The zero-order chi connectivity index (χ0) is 17.2. The van der Waals surface area contributed by atoms with Gasteiger partial charge in [-0.25, -0.2) is 0 Å². The topological polar surface area (TPSA) is 58.6 Å². The van der Waals surface area contributed by atoms with Crippen molar-refractivity contribution in [3.05, 3.63) is 0 Å². The summed E-state index contributed by atoms with van der Waals surface area (Å²) in [4.78, 5) is 26.1. The highest BCUT2D eigenvalue weighted by Crippen LogP contribution is 2.30. The van der Waals surface area contributed by atoms with Gasteiger partial charge in [-0.3, -0.25) is 9.59 Å². The molecule has 24 heavy (non-hydrogen) atoms. The van der Waals surface area contributed by atoms with Gasteiger partial charge in [0.1, 0.15) is 0 Å². The third-order valence-electron chi connectivity index (χ3n) is 5.34. The maximum atomic E-state index is 12.0. The number of hydrogen-bond donors (Lipinski definition) is 1. The lowest BCUT2D eigenvalue weighted by Gasteiger charge is -2.44. The lowest BCUT2D eigenvalue weighted by molar-refractivity contribution is -0.143. The molecule has 0 aromatic rings. The largest absolute Gasteiger partial charge is 0.466 e. The second kappa shape index (κ2) is 10.7. The van der Waals surface area contributed by atoms with E-state index in [0.29, 0.717) is 37.8 Å². The molecule has 1 amide bonds. The molecule has 2 aliphatic rings. The van der Waals surface area contributed by atoms with Crippen LogP contribution in [0.5, 0.6) is 0 Å². The third kappa shape index (κ3) is 6.42. The highest BCUT2D eigenvalue weighted by Gasteiger charge is 2.32. The average molecular weight is 338 g/mol. The van der Waals surface area contributed by atoms with Crippen molar-refractivity contribution in [1.82, 2.24) is 10.2 Å². The summed E-state index contributed by atoms with van der Waals surface area (Å²) in [5.41, 5.74) is 0. The summed E-state index contributed by atoms with van der Waals surface area (Å²) >= 11 is 0. The van der Waals surface area contributed by atoms with E-state index in [-0.39, 0.29) is 11.9 Å². The first-order valence-corrected chi connectivity index (χ1v) is 9.87. The van der Waals surface area contributed by atoms with Gasteiger partial charge in [0, 0.05) is 25.4 Å². The smallest absolute Gasteiger partial charge is 0.305 e. The van der Waals surface area contributed by atoms with Gasteiger partial charge in [0.2, 0.25) is 5.91 Å². The number of unbranched alkanes of at least 4 members (excludes halogenated alkanes) is 1. The summed E-state index contributed by atoms with van der Waals surface area (Å²) in [6.45, 7) is 5.82. The minimum Gasteiger partial charge on any atom is -0.466 e. The Kier molecular flexibility index (Phi) is 8.57. The van der Waals surface area contributed by atoms with Gasteiger partial charge in [-0.05, 0) is 57.5 Å². The zero-order valence-electron chi connectivity index (χ0n) is 15.2. The molecule has 2 atom stereocenters. The number of ether oxygens (including phenoxy) is 1. The molecule has 0 aromatic heterocycles. The molecule has 2 fully saturated rings. The number of nitrogens with zero attached hydrogens (tertiary/aromatic N) is 1. The van der Waals surface area contributed by atoms with Crippen molar-refractivity contribution in [2.75, 3.05) is 26.2 Å². The molecule has 0 spiro atoms. The number of esters is 1. The standard InChI is InChI=1S/C19H34N2O3/c1-2-3-14-24-19(23)11-6-10-18(22)20-15-16-8-7-13-21-12-5-4-9-17(16)21/h16-17H,2-15H2,1H3,(H,20,22). The van der Waals surface area contributed by atoms with Crippen molar-refractivity contribution in [3.63, 3.8) is 0 Å². The predicted octanol–water partition coefficient (Wildman–Crippen LogP) is 2.88. The number of piperidine rings is 2. The monoisotopic (exact) mass is 338 g/mol. The molecule has 0 bridgehead atoms. The van der Waals surface area contributed by atoms with E-state index in [4.69, 9.17) is 4.74 Å². The Bertz CT molecular complexity index is 398. The molecule has 0 saturated carbocycles. The first-order valence-electron chi connectivity index (χ1n) is 9.87. The van der Waals surface area contributed by atoms with Crippen LogP contribution in [-0.2, 0) is 14.3 Å².